The molecule has 0 unspecified atom stereocenters. The van der Waals surface area contributed by atoms with Crippen LogP contribution in [0.3, 0.4) is 0 Å². The normalized spacial score (nSPS) is 14.5. The summed E-state index contributed by atoms with van der Waals surface area (Å²) in [5.41, 5.74) is 2.90. The zero-order chi connectivity index (χ0) is 12.3. The van der Waals surface area contributed by atoms with Crippen LogP contribution in [0.15, 0.2) is 24.3 Å². The molecule has 1 heterocycles. The van der Waals surface area contributed by atoms with Gasteiger partial charge in [0.15, 0.2) is 6.21 Å². The summed E-state index contributed by atoms with van der Waals surface area (Å²) in [6.07, 6.45) is 4.79. The van der Waals surface area contributed by atoms with Crippen molar-refractivity contribution in [3.05, 3.63) is 35.4 Å². The van der Waals surface area contributed by atoms with Crippen LogP contribution in [0.4, 0.5) is 0 Å². The summed E-state index contributed by atoms with van der Waals surface area (Å²) >= 11 is 0. The third-order valence-electron chi connectivity index (χ3n) is 3.32. The molecule has 2 rings (SSSR count). The van der Waals surface area contributed by atoms with E-state index in [9.17, 15) is 0 Å². The van der Waals surface area contributed by atoms with Crippen LogP contribution in [0.1, 0.15) is 17.5 Å². The van der Waals surface area contributed by atoms with Crippen molar-refractivity contribution in [3.8, 4) is 0 Å². The van der Waals surface area contributed by atoms with Crippen molar-refractivity contribution in [2.24, 2.45) is 0 Å². The maximum atomic E-state index is 2.47. The molecule has 0 saturated heterocycles. The second-order valence-corrected chi connectivity index (χ2v) is 5.98. The molecule has 0 spiro atoms. The fourth-order valence-corrected chi connectivity index (χ4v) is 2.34. The second kappa shape index (κ2) is 6.48. The lowest BCUT2D eigenvalue weighted by Crippen LogP contribution is -2.37. The minimum Gasteiger partial charge on any atom is -0.331 e. The van der Waals surface area contributed by atoms with Gasteiger partial charge in [-0.3, -0.25) is 0 Å². The van der Waals surface area contributed by atoms with E-state index in [1.807, 2.05) is 0 Å². The molecule has 0 amide bonds. The minimum atomic E-state index is 0. The highest BCUT2D eigenvalue weighted by Crippen LogP contribution is 2.11. The molecular formula is C15H25BrN2+2. The highest BCUT2D eigenvalue weighted by Gasteiger charge is 2.16. The number of rotatable bonds is 4. The van der Waals surface area contributed by atoms with Crippen molar-refractivity contribution in [1.82, 2.24) is 0 Å². The summed E-state index contributed by atoms with van der Waals surface area (Å²) in [4.78, 5) is 0. The quantitative estimate of drug-likeness (QED) is 0.593. The molecule has 3 heteroatoms. The lowest BCUT2D eigenvalue weighted by molar-refractivity contribution is -0.871. The van der Waals surface area contributed by atoms with Crippen molar-refractivity contribution in [2.75, 3.05) is 40.8 Å². The zero-order valence-corrected chi connectivity index (χ0v) is 13.4. The van der Waals surface area contributed by atoms with Crippen molar-refractivity contribution >= 4 is 23.2 Å². The van der Waals surface area contributed by atoms with Gasteiger partial charge < -0.3 is 4.48 Å². The van der Waals surface area contributed by atoms with Gasteiger partial charge in [0, 0.05) is 12.0 Å². The van der Waals surface area contributed by atoms with Gasteiger partial charge in [0.05, 0.1) is 34.1 Å². The fourth-order valence-electron chi connectivity index (χ4n) is 2.34. The monoisotopic (exact) mass is 312 g/mol. The molecule has 100 valence electrons. The first-order valence-electron chi connectivity index (χ1n) is 6.52. The molecule has 1 aliphatic heterocycles. The topological polar surface area (TPSA) is 3.01 Å². The summed E-state index contributed by atoms with van der Waals surface area (Å²) in [5.74, 6) is 0. The van der Waals surface area contributed by atoms with E-state index >= 15 is 0 Å². The van der Waals surface area contributed by atoms with Gasteiger partial charge in [-0.2, -0.15) is 0 Å². The van der Waals surface area contributed by atoms with Crippen molar-refractivity contribution in [1.29, 1.82) is 0 Å². The molecule has 0 aromatic heterocycles. The van der Waals surface area contributed by atoms with Crippen LogP contribution in [0.25, 0.3) is 0 Å². The summed E-state index contributed by atoms with van der Waals surface area (Å²) in [6, 6.07) is 8.74. The lowest BCUT2D eigenvalue weighted by Gasteiger charge is -2.23. The first-order valence-corrected chi connectivity index (χ1v) is 6.52. The molecule has 0 N–H and O–H groups in total. The van der Waals surface area contributed by atoms with E-state index in [1.165, 1.54) is 43.6 Å². The number of quaternary nitrogens is 1. The molecule has 0 radical (unpaired) electrons. The average molecular weight is 313 g/mol. The molecule has 0 bridgehead atoms. The fraction of sp³-hybridized carbons (Fsp3) is 0.533. The largest absolute Gasteiger partial charge is 0.331 e. The Bertz CT molecular complexity index is 419. The highest BCUT2D eigenvalue weighted by atomic mass is 79.9. The zero-order valence-electron chi connectivity index (χ0n) is 11.7. The Morgan fingerprint density at radius 1 is 1.17 bits per heavy atom. The van der Waals surface area contributed by atoms with Gasteiger partial charge in [-0.15, -0.1) is 17.0 Å². The number of hydrogen-bond acceptors (Lipinski definition) is 0. The number of nitrogens with zero attached hydrogens (tertiary/aromatic N) is 2. The van der Waals surface area contributed by atoms with Gasteiger partial charge in [0.1, 0.15) is 13.1 Å². The van der Waals surface area contributed by atoms with E-state index in [2.05, 4.69) is 56.2 Å². The summed E-state index contributed by atoms with van der Waals surface area (Å²) in [6.45, 7) is 3.60. The second-order valence-electron chi connectivity index (χ2n) is 5.98. The molecule has 0 fully saturated rings. The van der Waals surface area contributed by atoms with Crippen LogP contribution in [0.2, 0.25) is 0 Å². The number of fused-ring (bicyclic) bond motifs is 1. The molecule has 18 heavy (non-hydrogen) atoms. The Morgan fingerprint density at radius 3 is 2.61 bits per heavy atom. The maximum Gasteiger partial charge on any atom is 0.170 e. The number of halogens is 1. The van der Waals surface area contributed by atoms with E-state index in [1.54, 1.807) is 0 Å². The molecule has 0 atom stereocenters. The smallest absolute Gasteiger partial charge is 0.170 e. The van der Waals surface area contributed by atoms with Crippen LogP contribution >= 0.6 is 17.0 Å². The van der Waals surface area contributed by atoms with Gasteiger partial charge in [0.2, 0.25) is 0 Å². The standard InChI is InChI=1S/C15H24N2.BrH/c1-17(2,3)12-6-10-16-11-9-14-7-4-5-8-15(14)13-16;/h4-5,7-8,13H,6,9-12H2,1-3H3;1H/q+2;. The number of benzene rings is 1. The molecule has 1 aromatic rings. The van der Waals surface area contributed by atoms with Crippen molar-refractivity contribution in [3.63, 3.8) is 0 Å². The van der Waals surface area contributed by atoms with Crippen LogP contribution < -0.4 is 0 Å². The van der Waals surface area contributed by atoms with Crippen LogP contribution in [0.5, 0.6) is 0 Å². The third kappa shape index (κ3) is 4.54. The van der Waals surface area contributed by atoms with Gasteiger partial charge in [-0.05, 0) is 11.6 Å². The van der Waals surface area contributed by atoms with Crippen LogP contribution in [0, 0.1) is 0 Å². The van der Waals surface area contributed by atoms with Crippen LogP contribution in [-0.2, 0) is 6.42 Å². The summed E-state index contributed by atoms with van der Waals surface area (Å²) < 4.78 is 3.53. The van der Waals surface area contributed by atoms with Crippen LogP contribution in [-0.4, -0.2) is 56.1 Å². The van der Waals surface area contributed by atoms with E-state index in [4.69, 9.17) is 0 Å². The minimum absolute atomic E-state index is 0. The van der Waals surface area contributed by atoms with Gasteiger partial charge in [0.25, 0.3) is 0 Å². The summed E-state index contributed by atoms with van der Waals surface area (Å²) in [5, 5.41) is 0. The Morgan fingerprint density at radius 2 is 1.89 bits per heavy atom. The molecule has 1 aliphatic rings. The number of hydrogen-bond donors (Lipinski definition) is 0. The van der Waals surface area contributed by atoms with E-state index in [0.29, 0.717) is 0 Å². The van der Waals surface area contributed by atoms with Gasteiger partial charge in [-0.25, -0.2) is 4.58 Å². The van der Waals surface area contributed by atoms with Gasteiger partial charge >= 0.3 is 0 Å². The van der Waals surface area contributed by atoms with Gasteiger partial charge in [-0.1, -0.05) is 18.2 Å². The van der Waals surface area contributed by atoms with E-state index in [-0.39, 0.29) is 17.0 Å². The molecule has 1 aromatic carbocycles. The first-order chi connectivity index (χ1) is 8.04. The third-order valence-corrected chi connectivity index (χ3v) is 3.32. The maximum absolute atomic E-state index is 2.47. The predicted octanol–water partition coefficient (Wildman–Crippen LogP) is 2.35. The Labute approximate surface area is 121 Å². The Hall–Kier alpha value is -0.670. The highest BCUT2D eigenvalue weighted by molar-refractivity contribution is 8.93. The molecular weight excluding hydrogens is 288 g/mol. The van der Waals surface area contributed by atoms with E-state index < -0.39 is 0 Å². The molecule has 0 aliphatic carbocycles. The average Bonchev–Trinajstić information content (AvgIpc) is 2.27. The first kappa shape index (κ1) is 15.4. The SMILES string of the molecule is Br.C[N+](C)(C)CCC[N+]1=Cc2ccccc2CC1. The molecule has 2 nitrogen and oxygen atoms in total. The summed E-state index contributed by atoms with van der Waals surface area (Å²) in [7, 11) is 6.78. The molecule has 0 saturated carbocycles. The van der Waals surface area contributed by atoms with Crippen molar-refractivity contribution in [2.45, 2.75) is 12.8 Å². The van der Waals surface area contributed by atoms with Crippen molar-refractivity contribution < 1.29 is 9.06 Å². The van der Waals surface area contributed by atoms with E-state index in [0.717, 1.165) is 4.48 Å². The predicted molar refractivity (Wildman–Crippen MR) is 83.1 cm³/mol. The Balaban J connectivity index is 0.00000162. The lowest BCUT2D eigenvalue weighted by atomic mass is 10.0. The Kier molecular flexibility index (Phi) is 5.54.